The second kappa shape index (κ2) is 7.59. The summed E-state index contributed by atoms with van der Waals surface area (Å²) in [6, 6.07) is 8.00. The highest BCUT2D eigenvalue weighted by atomic mass is 32.2. The smallest absolute Gasteiger partial charge is 0.173 e. The van der Waals surface area contributed by atoms with Gasteiger partial charge in [-0.05, 0) is 43.3 Å². The summed E-state index contributed by atoms with van der Waals surface area (Å²) < 4.78 is 23.6. The van der Waals surface area contributed by atoms with Gasteiger partial charge in [0, 0.05) is 11.7 Å². The van der Waals surface area contributed by atoms with Crippen LogP contribution < -0.4 is 10.2 Å². The number of hydrogen-bond acceptors (Lipinski definition) is 3. The number of likely N-dealkylation sites (N-methyl/N-ethyl adjacent to an activating group) is 1. The minimum atomic E-state index is -2.93. The molecule has 128 valence electrons. The van der Waals surface area contributed by atoms with Gasteiger partial charge < -0.3 is 15.1 Å². The summed E-state index contributed by atoms with van der Waals surface area (Å²) in [7, 11) is 1.24. The van der Waals surface area contributed by atoms with Crippen LogP contribution in [0.15, 0.2) is 24.3 Å². The van der Waals surface area contributed by atoms with E-state index >= 15 is 0 Å². The number of anilines is 1. The molecule has 2 N–H and O–H groups in total. The average molecular weight is 357 g/mol. The molecular formula is C16H26N3O2S2+. The van der Waals surface area contributed by atoms with Crippen molar-refractivity contribution in [1.82, 2.24) is 4.90 Å². The van der Waals surface area contributed by atoms with Crippen LogP contribution in [0, 0.1) is 6.92 Å². The zero-order valence-corrected chi connectivity index (χ0v) is 15.6. The van der Waals surface area contributed by atoms with Crippen LogP contribution >= 0.6 is 12.2 Å². The van der Waals surface area contributed by atoms with Crippen LogP contribution in [0.4, 0.5) is 5.69 Å². The first-order valence-corrected chi connectivity index (χ1v) is 10.1. The normalized spacial score (nSPS) is 19.7. The highest BCUT2D eigenvalue weighted by Crippen LogP contribution is 2.19. The van der Waals surface area contributed by atoms with Gasteiger partial charge in [-0.2, -0.15) is 0 Å². The maximum absolute atomic E-state index is 11.8. The fourth-order valence-corrected chi connectivity index (χ4v) is 4.82. The van der Waals surface area contributed by atoms with E-state index < -0.39 is 9.84 Å². The lowest BCUT2D eigenvalue weighted by Gasteiger charge is -2.31. The minimum Gasteiger partial charge on any atom is -0.339 e. The quantitative estimate of drug-likeness (QED) is 0.745. The fourth-order valence-electron chi connectivity index (χ4n) is 2.73. The molecule has 1 atom stereocenters. The van der Waals surface area contributed by atoms with Gasteiger partial charge in [0.15, 0.2) is 14.9 Å². The van der Waals surface area contributed by atoms with Gasteiger partial charge in [-0.3, -0.25) is 0 Å². The Hall–Kier alpha value is -1.18. The van der Waals surface area contributed by atoms with E-state index in [1.165, 1.54) is 4.90 Å². The zero-order valence-electron chi connectivity index (χ0n) is 14.0. The molecule has 0 saturated carbocycles. The van der Waals surface area contributed by atoms with E-state index in [1.54, 1.807) is 0 Å². The van der Waals surface area contributed by atoms with Crippen molar-refractivity contribution in [3.05, 3.63) is 29.8 Å². The summed E-state index contributed by atoms with van der Waals surface area (Å²) >= 11 is 5.58. The van der Waals surface area contributed by atoms with Gasteiger partial charge in [0.25, 0.3) is 0 Å². The molecule has 0 spiro atoms. The molecule has 0 bridgehead atoms. The highest BCUT2D eigenvalue weighted by molar-refractivity contribution is 7.91. The molecule has 0 unspecified atom stereocenters. The van der Waals surface area contributed by atoms with E-state index in [4.69, 9.17) is 12.2 Å². The van der Waals surface area contributed by atoms with Crippen LogP contribution in [0.3, 0.4) is 0 Å². The van der Waals surface area contributed by atoms with Crippen LogP contribution in [0.2, 0.25) is 0 Å². The first-order chi connectivity index (χ1) is 10.8. The largest absolute Gasteiger partial charge is 0.339 e. The van der Waals surface area contributed by atoms with E-state index in [0.717, 1.165) is 24.3 Å². The van der Waals surface area contributed by atoms with Crippen molar-refractivity contribution in [2.75, 3.05) is 44.0 Å². The van der Waals surface area contributed by atoms with Crippen molar-refractivity contribution in [2.45, 2.75) is 19.4 Å². The minimum absolute atomic E-state index is 0.0239. The molecule has 1 aliphatic rings. The van der Waals surface area contributed by atoms with Gasteiger partial charge >= 0.3 is 0 Å². The number of hydrogen-bond donors (Lipinski definition) is 2. The van der Waals surface area contributed by atoms with E-state index in [1.807, 2.05) is 31.2 Å². The molecule has 0 aromatic heterocycles. The summed E-state index contributed by atoms with van der Waals surface area (Å²) in [5, 5.41) is 3.87. The van der Waals surface area contributed by atoms with Gasteiger partial charge in [0.05, 0.1) is 38.7 Å². The molecule has 1 aliphatic heterocycles. The summed E-state index contributed by atoms with van der Waals surface area (Å²) in [6.45, 7) is 3.69. The van der Waals surface area contributed by atoms with Crippen LogP contribution in [0.1, 0.15) is 12.0 Å². The average Bonchev–Trinajstić information content (AvgIpc) is 2.78. The van der Waals surface area contributed by atoms with Gasteiger partial charge in [0.2, 0.25) is 0 Å². The predicted octanol–water partition coefficient (Wildman–Crippen LogP) is 0.325. The second-order valence-corrected chi connectivity index (χ2v) is 9.12. The summed E-state index contributed by atoms with van der Waals surface area (Å²) in [5.41, 5.74) is 2.10. The monoisotopic (exact) mass is 356 g/mol. The molecular weight excluding hydrogens is 330 g/mol. The number of rotatable bonds is 5. The SMILES string of the molecule is Cc1cccc(NC(=S)N(CC[NH+](C)C)[C@H]2CCS(=O)(=O)C2)c1. The Morgan fingerprint density at radius 2 is 2.17 bits per heavy atom. The Morgan fingerprint density at radius 1 is 1.43 bits per heavy atom. The molecule has 0 aliphatic carbocycles. The Labute approximate surface area is 144 Å². The first kappa shape index (κ1) is 18.2. The van der Waals surface area contributed by atoms with Crippen LogP contribution in [-0.4, -0.2) is 63.2 Å². The molecule has 1 heterocycles. The number of quaternary nitrogens is 1. The molecule has 23 heavy (non-hydrogen) atoms. The molecule has 1 fully saturated rings. The van der Waals surface area contributed by atoms with Crippen molar-refractivity contribution in [2.24, 2.45) is 0 Å². The Balaban J connectivity index is 2.10. The number of nitrogens with zero attached hydrogens (tertiary/aromatic N) is 1. The molecule has 5 nitrogen and oxygen atoms in total. The molecule has 0 amide bonds. The van der Waals surface area contributed by atoms with Crippen molar-refractivity contribution >= 4 is 32.9 Å². The topological polar surface area (TPSA) is 53.9 Å². The van der Waals surface area contributed by atoms with Gasteiger partial charge in [-0.25, -0.2) is 8.42 Å². The fraction of sp³-hybridized carbons (Fsp3) is 0.562. The van der Waals surface area contributed by atoms with Gasteiger partial charge in [-0.15, -0.1) is 0 Å². The molecule has 2 rings (SSSR count). The van der Waals surface area contributed by atoms with Crippen molar-refractivity contribution in [3.8, 4) is 0 Å². The standard InChI is InChI=1S/C16H25N3O2S2/c1-13-5-4-6-14(11-13)17-16(22)19(9-8-18(2)3)15-7-10-23(20,21)12-15/h4-6,11,15H,7-10,12H2,1-3H3,(H,17,22)/p+1/t15-/m0/s1. The lowest BCUT2D eigenvalue weighted by atomic mass is 10.2. The number of nitrogens with one attached hydrogen (secondary N) is 2. The van der Waals surface area contributed by atoms with E-state index in [0.29, 0.717) is 11.5 Å². The number of benzene rings is 1. The van der Waals surface area contributed by atoms with Crippen molar-refractivity contribution in [3.63, 3.8) is 0 Å². The van der Waals surface area contributed by atoms with E-state index in [-0.39, 0.29) is 17.5 Å². The van der Waals surface area contributed by atoms with Crippen molar-refractivity contribution < 1.29 is 13.3 Å². The highest BCUT2D eigenvalue weighted by Gasteiger charge is 2.33. The van der Waals surface area contributed by atoms with Crippen molar-refractivity contribution in [1.29, 1.82) is 0 Å². The van der Waals surface area contributed by atoms with E-state index in [9.17, 15) is 8.42 Å². The summed E-state index contributed by atoms with van der Waals surface area (Å²) in [6.07, 6.45) is 0.654. The number of thiocarbonyl (C=S) groups is 1. The maximum atomic E-state index is 11.8. The number of aryl methyl sites for hydroxylation is 1. The van der Waals surface area contributed by atoms with Crippen LogP contribution in [-0.2, 0) is 9.84 Å². The molecule has 0 radical (unpaired) electrons. The Morgan fingerprint density at radius 3 is 2.74 bits per heavy atom. The third-order valence-electron chi connectivity index (χ3n) is 4.03. The lowest BCUT2D eigenvalue weighted by Crippen LogP contribution is -3.06. The van der Waals surface area contributed by atoms with Crippen LogP contribution in [0.5, 0.6) is 0 Å². The summed E-state index contributed by atoms with van der Waals surface area (Å²) in [5.74, 6) is 0.460. The summed E-state index contributed by atoms with van der Waals surface area (Å²) in [4.78, 5) is 3.36. The third-order valence-corrected chi connectivity index (χ3v) is 6.12. The lowest BCUT2D eigenvalue weighted by molar-refractivity contribution is -0.857. The molecule has 1 saturated heterocycles. The Bertz CT molecular complexity index is 659. The van der Waals surface area contributed by atoms with E-state index in [2.05, 4.69) is 24.3 Å². The van der Waals surface area contributed by atoms with Gasteiger partial charge in [-0.1, -0.05) is 12.1 Å². The van der Waals surface area contributed by atoms with Gasteiger partial charge in [0.1, 0.15) is 0 Å². The zero-order chi connectivity index (χ0) is 17.0. The van der Waals surface area contributed by atoms with Crippen LogP contribution in [0.25, 0.3) is 0 Å². The second-order valence-electron chi connectivity index (χ2n) is 6.51. The molecule has 7 heteroatoms. The molecule has 1 aromatic rings. The Kier molecular flexibility index (Phi) is 6.00. The maximum Gasteiger partial charge on any atom is 0.173 e. The first-order valence-electron chi connectivity index (χ1n) is 7.90. The predicted molar refractivity (Wildman–Crippen MR) is 98.8 cm³/mol. The third kappa shape index (κ3) is 5.44. The molecule has 1 aromatic carbocycles. The number of sulfone groups is 1.